The van der Waals surface area contributed by atoms with E-state index >= 15 is 0 Å². The number of carboxylic acid groups (broad SMARTS) is 1. The molecular weight excluding hydrogens is 446 g/mol. The summed E-state index contributed by atoms with van der Waals surface area (Å²) in [6.45, 7) is 7.44. The maximum absolute atomic E-state index is 12.5. The molecule has 0 amide bonds. The Morgan fingerprint density at radius 1 is 1.34 bits per heavy atom. The number of hydrogen-bond acceptors (Lipinski definition) is 6. The number of carbonyl (C=O) groups excluding carboxylic acids is 1. The van der Waals surface area contributed by atoms with Crippen molar-refractivity contribution in [2.45, 2.75) is 77.6 Å². The number of esters is 1. The third-order valence-corrected chi connectivity index (χ3v) is 6.47. The molecule has 0 aliphatic carbocycles. The number of cyclic esters (lactones) is 1. The third kappa shape index (κ3) is 9.78. The van der Waals surface area contributed by atoms with Crippen molar-refractivity contribution in [3.05, 3.63) is 66.0 Å². The lowest BCUT2D eigenvalue weighted by atomic mass is 9.80. The summed E-state index contributed by atoms with van der Waals surface area (Å²) in [4.78, 5) is 28.3. The second-order valence-corrected chi connectivity index (χ2v) is 9.91. The Balaban J connectivity index is 2.23. The summed E-state index contributed by atoms with van der Waals surface area (Å²) in [6.07, 6.45) is 10.4. The van der Waals surface area contributed by atoms with E-state index in [1.807, 2.05) is 50.3 Å². The molecule has 7 heteroatoms. The van der Waals surface area contributed by atoms with Gasteiger partial charge >= 0.3 is 11.9 Å². The highest BCUT2D eigenvalue weighted by molar-refractivity contribution is 5.70. The lowest BCUT2D eigenvalue weighted by Crippen LogP contribution is -2.37. The van der Waals surface area contributed by atoms with Crippen LogP contribution in [0.15, 0.2) is 60.3 Å². The molecule has 1 aromatic rings. The van der Waals surface area contributed by atoms with E-state index in [4.69, 9.17) is 4.74 Å². The topological polar surface area (TPSA) is 117 Å². The van der Waals surface area contributed by atoms with Crippen molar-refractivity contribution in [3.63, 3.8) is 0 Å². The zero-order valence-corrected chi connectivity index (χ0v) is 21.1. The summed E-state index contributed by atoms with van der Waals surface area (Å²) < 4.78 is 5.75. The maximum Gasteiger partial charge on any atom is 0.309 e. The fraction of sp³-hybridized carbons (Fsp3) is 0.536. The average Bonchev–Trinajstić information content (AvgIpc) is 2.78. The van der Waals surface area contributed by atoms with E-state index in [9.17, 15) is 24.9 Å². The number of allylic oxidation sites excluding steroid dienone is 3. The Bertz CT molecular complexity index is 921. The summed E-state index contributed by atoms with van der Waals surface area (Å²) >= 11 is 0. The number of aliphatic carboxylic acids is 1. The number of aromatic nitrogens is 1. The molecule has 0 saturated carbocycles. The molecule has 0 fully saturated rings. The summed E-state index contributed by atoms with van der Waals surface area (Å²) in [5.74, 6) is -2.16. The fourth-order valence-electron chi connectivity index (χ4n) is 4.25. The molecule has 0 saturated heterocycles. The van der Waals surface area contributed by atoms with E-state index in [-0.39, 0.29) is 37.5 Å². The van der Waals surface area contributed by atoms with E-state index in [1.54, 1.807) is 19.2 Å². The zero-order valence-electron chi connectivity index (χ0n) is 21.1. The first kappa shape index (κ1) is 28.5. The van der Waals surface area contributed by atoms with Gasteiger partial charge in [-0.3, -0.25) is 14.6 Å². The van der Waals surface area contributed by atoms with Gasteiger partial charge in [0, 0.05) is 23.7 Å². The Morgan fingerprint density at radius 3 is 2.74 bits per heavy atom. The first-order valence-electron chi connectivity index (χ1n) is 12.2. The number of nitrogens with zero attached hydrogens (tertiary/aromatic N) is 1. The summed E-state index contributed by atoms with van der Waals surface area (Å²) in [6, 6.07) is 5.85. The molecule has 7 nitrogen and oxygen atoms in total. The molecule has 1 aliphatic heterocycles. The maximum atomic E-state index is 12.5. The monoisotopic (exact) mass is 485 g/mol. The van der Waals surface area contributed by atoms with Gasteiger partial charge in [-0.2, -0.15) is 0 Å². The first-order valence-corrected chi connectivity index (χ1v) is 12.2. The van der Waals surface area contributed by atoms with E-state index in [0.29, 0.717) is 0 Å². The SMILES string of the molecule is C/C(=C\C=C\C(C)Cc1ccccn1)[C@H]1OC(=O)C[C@H](O)CC[C@@](C)(O)[C@@H](CC(=O)O)/C=C/[C@@H]1C. The van der Waals surface area contributed by atoms with Gasteiger partial charge in [0.15, 0.2) is 0 Å². The molecule has 0 spiro atoms. The van der Waals surface area contributed by atoms with Gasteiger partial charge < -0.3 is 20.1 Å². The molecule has 0 radical (unpaired) electrons. The van der Waals surface area contributed by atoms with Crippen LogP contribution in [-0.2, 0) is 20.7 Å². The van der Waals surface area contributed by atoms with E-state index in [0.717, 1.165) is 17.7 Å². The van der Waals surface area contributed by atoms with Crippen molar-refractivity contribution < 1.29 is 29.6 Å². The molecule has 2 rings (SSSR count). The Kier molecular flexibility index (Phi) is 10.9. The standard InChI is InChI=1S/C28H39NO6/c1-19(16-23-10-5-6-15-29-23)8-7-9-20(2)27-21(3)11-12-22(17-25(31)32)28(4,34)14-13-24(30)18-26(33)35-27/h5-12,15,19,21-22,24,27,30,34H,13-14,16-18H2,1-4H3,(H,31,32)/b8-7+,12-11+,20-9+/t19?,21-,22+,24+,27+,28+/m0/s1. The zero-order chi connectivity index (χ0) is 26.0. The number of aliphatic hydroxyl groups is 2. The molecule has 35 heavy (non-hydrogen) atoms. The molecule has 1 aromatic heterocycles. The largest absolute Gasteiger partial charge is 0.481 e. The average molecular weight is 486 g/mol. The van der Waals surface area contributed by atoms with Crippen LogP contribution in [-0.4, -0.2) is 50.1 Å². The molecule has 1 unspecified atom stereocenters. The lowest BCUT2D eigenvalue weighted by molar-refractivity contribution is -0.151. The van der Waals surface area contributed by atoms with Crippen LogP contribution in [0, 0.1) is 17.8 Å². The molecule has 0 bridgehead atoms. The third-order valence-electron chi connectivity index (χ3n) is 6.47. The van der Waals surface area contributed by atoms with Crippen LogP contribution in [0.25, 0.3) is 0 Å². The molecular formula is C28H39NO6. The van der Waals surface area contributed by atoms with Crippen molar-refractivity contribution in [2.24, 2.45) is 17.8 Å². The number of aliphatic hydroxyl groups excluding tert-OH is 1. The second-order valence-electron chi connectivity index (χ2n) is 9.91. The smallest absolute Gasteiger partial charge is 0.309 e. The summed E-state index contributed by atoms with van der Waals surface area (Å²) in [7, 11) is 0. The van der Waals surface area contributed by atoms with Crippen LogP contribution in [0.4, 0.5) is 0 Å². The molecule has 6 atom stereocenters. The fourth-order valence-corrected chi connectivity index (χ4v) is 4.25. The summed E-state index contributed by atoms with van der Waals surface area (Å²) in [5, 5.41) is 30.6. The van der Waals surface area contributed by atoms with Crippen LogP contribution in [0.3, 0.4) is 0 Å². The van der Waals surface area contributed by atoms with Crippen LogP contribution in [0.1, 0.15) is 59.1 Å². The van der Waals surface area contributed by atoms with Gasteiger partial charge in [0.05, 0.1) is 24.5 Å². The van der Waals surface area contributed by atoms with Gasteiger partial charge in [0.25, 0.3) is 0 Å². The van der Waals surface area contributed by atoms with Gasteiger partial charge in [0.1, 0.15) is 6.10 Å². The van der Waals surface area contributed by atoms with Crippen LogP contribution in [0.5, 0.6) is 0 Å². The number of ether oxygens (including phenoxy) is 1. The highest BCUT2D eigenvalue weighted by atomic mass is 16.5. The first-order chi connectivity index (χ1) is 16.5. The Hall–Kier alpha value is -2.77. The minimum Gasteiger partial charge on any atom is -0.481 e. The molecule has 2 heterocycles. The highest BCUT2D eigenvalue weighted by Crippen LogP contribution is 2.30. The normalized spacial score (nSPS) is 30.7. The van der Waals surface area contributed by atoms with Crippen molar-refractivity contribution >= 4 is 11.9 Å². The number of rotatable bonds is 7. The number of pyridine rings is 1. The lowest BCUT2D eigenvalue weighted by Gasteiger charge is -2.32. The Morgan fingerprint density at radius 2 is 2.09 bits per heavy atom. The van der Waals surface area contributed by atoms with Crippen LogP contribution in [0.2, 0.25) is 0 Å². The van der Waals surface area contributed by atoms with Crippen molar-refractivity contribution in [1.29, 1.82) is 0 Å². The second kappa shape index (κ2) is 13.4. The predicted octanol–water partition coefficient (Wildman–Crippen LogP) is 4.25. The van der Waals surface area contributed by atoms with Crippen LogP contribution < -0.4 is 0 Å². The van der Waals surface area contributed by atoms with E-state index < -0.39 is 35.7 Å². The highest BCUT2D eigenvalue weighted by Gasteiger charge is 2.34. The molecule has 1 aliphatic rings. The molecule has 192 valence electrons. The van der Waals surface area contributed by atoms with Crippen LogP contribution >= 0.6 is 0 Å². The summed E-state index contributed by atoms with van der Waals surface area (Å²) in [5.41, 5.74) is 0.513. The number of carbonyl (C=O) groups is 2. The van der Waals surface area contributed by atoms with Crippen molar-refractivity contribution in [2.75, 3.05) is 0 Å². The van der Waals surface area contributed by atoms with Crippen molar-refractivity contribution in [1.82, 2.24) is 4.98 Å². The quantitative estimate of drug-likeness (QED) is 0.300. The van der Waals surface area contributed by atoms with Crippen molar-refractivity contribution in [3.8, 4) is 0 Å². The van der Waals surface area contributed by atoms with E-state index in [2.05, 4.69) is 18.0 Å². The number of carboxylic acids is 1. The minimum atomic E-state index is -1.33. The van der Waals surface area contributed by atoms with Gasteiger partial charge in [-0.15, -0.1) is 0 Å². The van der Waals surface area contributed by atoms with Gasteiger partial charge in [-0.1, -0.05) is 50.3 Å². The van der Waals surface area contributed by atoms with Gasteiger partial charge in [0.2, 0.25) is 0 Å². The molecule has 3 N–H and O–H groups in total. The van der Waals surface area contributed by atoms with Gasteiger partial charge in [-0.25, -0.2) is 0 Å². The minimum absolute atomic E-state index is 0.165. The number of hydrogen-bond donors (Lipinski definition) is 3. The predicted molar refractivity (Wildman–Crippen MR) is 134 cm³/mol. The molecule has 0 aromatic carbocycles. The van der Waals surface area contributed by atoms with Gasteiger partial charge in [-0.05, 0) is 56.7 Å². The van der Waals surface area contributed by atoms with E-state index in [1.165, 1.54) is 0 Å². The Labute approximate surface area is 208 Å².